The van der Waals surface area contributed by atoms with Gasteiger partial charge in [-0.1, -0.05) is 0 Å². The number of benzene rings is 1. The van der Waals surface area contributed by atoms with E-state index in [-0.39, 0.29) is 22.6 Å². The van der Waals surface area contributed by atoms with Crippen molar-refractivity contribution < 1.29 is 22.3 Å². The summed E-state index contributed by atoms with van der Waals surface area (Å²) in [6.45, 7) is 2.70. The predicted octanol–water partition coefficient (Wildman–Crippen LogP) is 0.943. The Hall–Kier alpha value is -1.71. The quantitative estimate of drug-likeness (QED) is 0.661. The van der Waals surface area contributed by atoms with Gasteiger partial charge in [-0.2, -0.15) is 0 Å². The molecule has 25 heavy (non-hydrogen) atoms. The van der Waals surface area contributed by atoms with Crippen LogP contribution in [0.2, 0.25) is 0 Å². The Balaban J connectivity index is 2.08. The van der Waals surface area contributed by atoms with Crippen molar-refractivity contribution in [2.45, 2.75) is 12.8 Å². The second-order valence-corrected chi connectivity index (χ2v) is 8.18. The molecular formula is C16H24FN3O4S. The highest BCUT2D eigenvalue weighted by Gasteiger charge is 2.32. The van der Waals surface area contributed by atoms with E-state index in [0.717, 1.165) is 38.3 Å². The number of carbonyl (C=O) groups is 1. The average molecular weight is 373 g/mol. The number of ether oxygens (including phenoxy) is 1. The predicted molar refractivity (Wildman–Crippen MR) is 93.6 cm³/mol. The molecule has 0 bridgehead atoms. The molecule has 0 radical (unpaired) electrons. The van der Waals surface area contributed by atoms with E-state index in [9.17, 15) is 17.6 Å². The van der Waals surface area contributed by atoms with Gasteiger partial charge in [-0.15, -0.1) is 0 Å². The SMILES string of the molecule is COCC1(CNC(=O)c2ccc(F)c(NS(C)(=O)=O)c2)CCNCC1. The number of nitrogens with one attached hydrogen (secondary N) is 3. The topological polar surface area (TPSA) is 96.5 Å². The van der Waals surface area contributed by atoms with Crippen molar-refractivity contribution in [2.75, 3.05) is 44.3 Å². The third-order valence-electron chi connectivity index (χ3n) is 4.26. The highest BCUT2D eigenvalue weighted by molar-refractivity contribution is 7.92. The van der Waals surface area contributed by atoms with E-state index in [0.29, 0.717) is 13.2 Å². The van der Waals surface area contributed by atoms with Gasteiger partial charge in [0.05, 0.1) is 18.6 Å². The lowest BCUT2D eigenvalue weighted by molar-refractivity contribution is 0.0512. The van der Waals surface area contributed by atoms with Crippen LogP contribution >= 0.6 is 0 Å². The van der Waals surface area contributed by atoms with Crippen LogP contribution in [0.25, 0.3) is 0 Å². The Morgan fingerprint density at radius 1 is 1.36 bits per heavy atom. The minimum Gasteiger partial charge on any atom is -0.384 e. The Kier molecular flexibility index (Phi) is 6.36. The number of carbonyl (C=O) groups excluding carboxylic acids is 1. The number of hydrogen-bond donors (Lipinski definition) is 3. The number of piperidine rings is 1. The zero-order valence-corrected chi connectivity index (χ0v) is 15.2. The first-order chi connectivity index (χ1) is 11.7. The number of hydrogen-bond acceptors (Lipinski definition) is 5. The molecule has 3 N–H and O–H groups in total. The number of halogens is 1. The molecule has 140 valence electrons. The molecule has 0 saturated carbocycles. The molecule has 0 spiro atoms. The van der Waals surface area contributed by atoms with Gasteiger partial charge in [0.15, 0.2) is 0 Å². The minimum atomic E-state index is -3.63. The van der Waals surface area contributed by atoms with Gasteiger partial charge >= 0.3 is 0 Å². The summed E-state index contributed by atoms with van der Waals surface area (Å²) in [5, 5.41) is 6.14. The summed E-state index contributed by atoms with van der Waals surface area (Å²) in [4.78, 5) is 12.4. The van der Waals surface area contributed by atoms with Crippen molar-refractivity contribution in [3.8, 4) is 0 Å². The molecular weight excluding hydrogens is 349 g/mol. The number of rotatable bonds is 7. The second kappa shape index (κ2) is 8.11. The lowest BCUT2D eigenvalue weighted by Gasteiger charge is -2.37. The van der Waals surface area contributed by atoms with Crippen molar-refractivity contribution in [1.82, 2.24) is 10.6 Å². The lowest BCUT2D eigenvalue weighted by Crippen LogP contribution is -2.47. The molecule has 1 aliphatic heterocycles. The van der Waals surface area contributed by atoms with Crippen LogP contribution in [0.15, 0.2) is 18.2 Å². The molecule has 0 aliphatic carbocycles. The molecule has 1 saturated heterocycles. The zero-order chi connectivity index (χ0) is 18.5. The summed E-state index contributed by atoms with van der Waals surface area (Å²) in [6.07, 6.45) is 2.68. The maximum Gasteiger partial charge on any atom is 0.251 e. The largest absolute Gasteiger partial charge is 0.384 e. The Labute approximate surface area is 147 Å². The van der Waals surface area contributed by atoms with Crippen LogP contribution in [0, 0.1) is 11.2 Å². The lowest BCUT2D eigenvalue weighted by atomic mass is 9.79. The number of methoxy groups -OCH3 is 1. The van der Waals surface area contributed by atoms with Gasteiger partial charge < -0.3 is 15.4 Å². The molecule has 0 atom stereocenters. The van der Waals surface area contributed by atoms with Gasteiger partial charge in [0.1, 0.15) is 5.82 Å². The molecule has 1 heterocycles. The van der Waals surface area contributed by atoms with Crippen LogP contribution in [0.3, 0.4) is 0 Å². The van der Waals surface area contributed by atoms with Gasteiger partial charge in [0.2, 0.25) is 10.0 Å². The van der Waals surface area contributed by atoms with E-state index in [1.165, 1.54) is 12.1 Å². The fraction of sp³-hybridized carbons (Fsp3) is 0.562. The van der Waals surface area contributed by atoms with Gasteiger partial charge in [0.25, 0.3) is 5.91 Å². The first kappa shape index (κ1) is 19.6. The van der Waals surface area contributed by atoms with Gasteiger partial charge in [0, 0.05) is 24.6 Å². The van der Waals surface area contributed by atoms with E-state index in [1.807, 2.05) is 0 Å². The van der Waals surface area contributed by atoms with Crippen LogP contribution in [-0.4, -0.2) is 53.9 Å². The van der Waals surface area contributed by atoms with Crippen molar-refractivity contribution in [1.29, 1.82) is 0 Å². The molecule has 9 heteroatoms. The summed E-state index contributed by atoms with van der Waals surface area (Å²) in [6, 6.07) is 3.58. The fourth-order valence-corrected chi connectivity index (χ4v) is 3.51. The number of sulfonamides is 1. The molecule has 0 aromatic heterocycles. The minimum absolute atomic E-state index is 0.135. The van der Waals surface area contributed by atoms with Crippen molar-refractivity contribution in [3.05, 3.63) is 29.6 Å². The highest BCUT2D eigenvalue weighted by atomic mass is 32.2. The van der Waals surface area contributed by atoms with Gasteiger partial charge in [-0.3, -0.25) is 9.52 Å². The van der Waals surface area contributed by atoms with Crippen LogP contribution in [0.1, 0.15) is 23.2 Å². The van der Waals surface area contributed by atoms with E-state index < -0.39 is 15.8 Å². The molecule has 2 rings (SSSR count). The van der Waals surface area contributed by atoms with E-state index in [1.54, 1.807) is 7.11 Å². The summed E-state index contributed by atoms with van der Waals surface area (Å²) in [5.74, 6) is -1.12. The first-order valence-electron chi connectivity index (χ1n) is 8.00. The maximum absolute atomic E-state index is 13.7. The third-order valence-corrected chi connectivity index (χ3v) is 4.85. The normalized spacial score (nSPS) is 17.1. The maximum atomic E-state index is 13.7. The summed E-state index contributed by atoms with van der Waals surface area (Å²) in [5.41, 5.74) is -0.193. The van der Waals surface area contributed by atoms with Crippen LogP contribution in [0.4, 0.5) is 10.1 Å². The average Bonchev–Trinajstić information content (AvgIpc) is 2.55. The summed E-state index contributed by atoms with van der Waals surface area (Å²) in [7, 11) is -2.00. The summed E-state index contributed by atoms with van der Waals surface area (Å²) < 4.78 is 43.7. The standard InChI is InChI=1S/C16H24FN3O4S/c1-24-11-16(5-7-18-8-6-16)10-19-15(21)12-3-4-13(17)14(9-12)20-25(2,22)23/h3-4,9,18,20H,5-8,10-11H2,1-2H3,(H,19,21). The molecule has 1 fully saturated rings. The first-order valence-corrected chi connectivity index (χ1v) is 9.89. The number of anilines is 1. The Bertz CT molecular complexity index is 713. The van der Waals surface area contributed by atoms with E-state index >= 15 is 0 Å². The second-order valence-electron chi connectivity index (χ2n) is 6.43. The van der Waals surface area contributed by atoms with Crippen molar-refractivity contribution in [2.24, 2.45) is 5.41 Å². The van der Waals surface area contributed by atoms with Crippen LogP contribution in [0.5, 0.6) is 0 Å². The molecule has 1 aliphatic rings. The Morgan fingerprint density at radius 2 is 2.04 bits per heavy atom. The van der Waals surface area contributed by atoms with Crippen molar-refractivity contribution >= 4 is 21.6 Å². The third kappa shape index (κ3) is 5.65. The monoisotopic (exact) mass is 373 g/mol. The van der Waals surface area contributed by atoms with Gasteiger partial charge in [-0.05, 0) is 44.1 Å². The molecule has 1 aromatic carbocycles. The molecule has 1 amide bonds. The molecule has 1 aromatic rings. The Morgan fingerprint density at radius 3 is 2.64 bits per heavy atom. The fourth-order valence-electron chi connectivity index (χ4n) is 2.95. The van der Waals surface area contributed by atoms with Crippen molar-refractivity contribution in [3.63, 3.8) is 0 Å². The van der Waals surface area contributed by atoms with E-state index in [4.69, 9.17) is 4.74 Å². The van der Waals surface area contributed by atoms with Crippen LogP contribution in [-0.2, 0) is 14.8 Å². The zero-order valence-electron chi connectivity index (χ0n) is 14.4. The molecule has 0 unspecified atom stereocenters. The number of amides is 1. The van der Waals surface area contributed by atoms with E-state index in [2.05, 4.69) is 15.4 Å². The van der Waals surface area contributed by atoms with Crippen LogP contribution < -0.4 is 15.4 Å². The van der Waals surface area contributed by atoms with Gasteiger partial charge in [-0.25, -0.2) is 12.8 Å². The summed E-state index contributed by atoms with van der Waals surface area (Å²) >= 11 is 0. The highest BCUT2D eigenvalue weighted by Crippen LogP contribution is 2.28. The molecule has 7 nitrogen and oxygen atoms in total. The smallest absolute Gasteiger partial charge is 0.251 e.